The van der Waals surface area contributed by atoms with Crippen LogP contribution in [0, 0.1) is 0 Å². The van der Waals surface area contributed by atoms with E-state index in [1.54, 1.807) is 33.0 Å². The maximum Gasteiger partial charge on any atom is 0.408 e. The zero-order valence-electron chi connectivity index (χ0n) is 14.8. The highest BCUT2D eigenvalue weighted by Gasteiger charge is 2.25. The molecule has 1 amide bonds. The van der Waals surface area contributed by atoms with Gasteiger partial charge in [0.25, 0.3) is 0 Å². The van der Waals surface area contributed by atoms with Gasteiger partial charge in [-0.15, -0.1) is 0 Å². The van der Waals surface area contributed by atoms with E-state index in [9.17, 15) is 9.90 Å². The molecule has 0 aliphatic rings. The van der Waals surface area contributed by atoms with Crippen molar-refractivity contribution in [2.45, 2.75) is 38.5 Å². The number of hydrogen-bond acceptors (Lipinski definition) is 5. The fraction of sp³-hybridized carbons (Fsp3) is 0.368. The number of benzene rings is 1. The molecule has 1 aromatic heterocycles. The number of hydrogen-bond donors (Lipinski definition) is 3. The smallest absolute Gasteiger partial charge is 0.408 e. The fourth-order valence-corrected chi connectivity index (χ4v) is 2.32. The summed E-state index contributed by atoms with van der Waals surface area (Å²) in [7, 11) is 0. The van der Waals surface area contributed by atoms with E-state index >= 15 is 0 Å². The molecule has 2 unspecified atom stereocenters. The van der Waals surface area contributed by atoms with Crippen molar-refractivity contribution in [3.8, 4) is 11.3 Å². The molecule has 1 heterocycles. The standard InChI is InChI=1S/C19H25N3O3/c1-19(2,3)25-18(24)22-16(11-20)17(23)14-9-10-15(21-12-14)13-7-5-4-6-8-13/h4-10,12,16-17,23H,11,20H2,1-3H3,(H,22,24). The molecule has 4 N–H and O–H groups in total. The Morgan fingerprint density at radius 3 is 2.44 bits per heavy atom. The van der Waals surface area contributed by atoms with E-state index in [1.165, 1.54) is 0 Å². The molecule has 0 saturated carbocycles. The van der Waals surface area contributed by atoms with Crippen LogP contribution >= 0.6 is 0 Å². The molecule has 134 valence electrons. The first-order valence-corrected chi connectivity index (χ1v) is 8.19. The zero-order valence-corrected chi connectivity index (χ0v) is 14.8. The first-order chi connectivity index (χ1) is 11.8. The van der Waals surface area contributed by atoms with Crippen LogP contribution in [0.15, 0.2) is 48.7 Å². The number of amides is 1. The Morgan fingerprint density at radius 2 is 1.92 bits per heavy atom. The van der Waals surface area contributed by atoms with Crippen molar-refractivity contribution in [2.24, 2.45) is 5.73 Å². The van der Waals surface area contributed by atoms with Gasteiger partial charge >= 0.3 is 6.09 Å². The zero-order chi connectivity index (χ0) is 18.4. The number of pyridine rings is 1. The molecule has 0 aliphatic heterocycles. The topological polar surface area (TPSA) is 97.5 Å². The van der Waals surface area contributed by atoms with Crippen LogP contribution in [-0.2, 0) is 4.74 Å². The number of alkyl carbamates (subject to hydrolysis) is 1. The van der Waals surface area contributed by atoms with Crippen LogP contribution in [0.5, 0.6) is 0 Å². The van der Waals surface area contributed by atoms with Crippen LogP contribution in [0.4, 0.5) is 4.79 Å². The van der Waals surface area contributed by atoms with Gasteiger partial charge < -0.3 is 20.9 Å². The summed E-state index contributed by atoms with van der Waals surface area (Å²) in [5, 5.41) is 13.1. The molecule has 6 heteroatoms. The van der Waals surface area contributed by atoms with Crippen LogP contribution in [0.2, 0.25) is 0 Å². The summed E-state index contributed by atoms with van der Waals surface area (Å²) in [6, 6.07) is 12.7. The number of rotatable bonds is 5. The average molecular weight is 343 g/mol. The predicted octanol–water partition coefficient (Wildman–Crippen LogP) is 2.63. The third-order valence-electron chi connectivity index (χ3n) is 3.53. The summed E-state index contributed by atoms with van der Waals surface area (Å²) in [5.74, 6) is 0. The summed E-state index contributed by atoms with van der Waals surface area (Å²) in [6.45, 7) is 5.38. The van der Waals surface area contributed by atoms with Crippen LogP contribution in [-0.4, -0.2) is 34.4 Å². The molecule has 0 fully saturated rings. The Morgan fingerprint density at radius 1 is 1.24 bits per heavy atom. The lowest BCUT2D eigenvalue weighted by atomic mass is 10.0. The first-order valence-electron chi connectivity index (χ1n) is 8.19. The third kappa shape index (κ3) is 5.55. The van der Waals surface area contributed by atoms with Crippen molar-refractivity contribution >= 4 is 6.09 Å². The van der Waals surface area contributed by atoms with E-state index in [-0.39, 0.29) is 6.54 Å². The van der Waals surface area contributed by atoms with Crippen molar-refractivity contribution in [1.29, 1.82) is 0 Å². The lowest BCUT2D eigenvalue weighted by Crippen LogP contribution is -2.46. The van der Waals surface area contributed by atoms with E-state index in [2.05, 4.69) is 10.3 Å². The summed E-state index contributed by atoms with van der Waals surface area (Å²) in [6.07, 6.45) is -0.00222. The number of nitrogens with one attached hydrogen (secondary N) is 1. The van der Waals surface area contributed by atoms with E-state index in [4.69, 9.17) is 10.5 Å². The van der Waals surface area contributed by atoms with Gasteiger partial charge in [0.2, 0.25) is 0 Å². The number of carbonyl (C=O) groups is 1. The van der Waals surface area contributed by atoms with Crippen molar-refractivity contribution in [1.82, 2.24) is 10.3 Å². The lowest BCUT2D eigenvalue weighted by molar-refractivity contribution is 0.0427. The molecule has 6 nitrogen and oxygen atoms in total. The molecular formula is C19H25N3O3. The molecule has 2 atom stereocenters. The van der Waals surface area contributed by atoms with Gasteiger partial charge in [0.05, 0.1) is 11.7 Å². The van der Waals surface area contributed by atoms with Crippen molar-refractivity contribution in [3.05, 3.63) is 54.2 Å². The van der Waals surface area contributed by atoms with Gasteiger partial charge in [-0.25, -0.2) is 4.79 Å². The van der Waals surface area contributed by atoms with Crippen LogP contribution in [0.1, 0.15) is 32.4 Å². The van der Waals surface area contributed by atoms with Gasteiger partial charge in [0.1, 0.15) is 11.7 Å². The number of aromatic nitrogens is 1. The van der Waals surface area contributed by atoms with Crippen LogP contribution in [0.25, 0.3) is 11.3 Å². The van der Waals surface area contributed by atoms with E-state index < -0.39 is 23.8 Å². The van der Waals surface area contributed by atoms with Crippen LogP contribution < -0.4 is 11.1 Å². The van der Waals surface area contributed by atoms with Crippen LogP contribution in [0.3, 0.4) is 0 Å². The summed E-state index contributed by atoms with van der Waals surface area (Å²) in [5.41, 5.74) is 7.45. The number of nitrogens with two attached hydrogens (primary N) is 1. The normalized spacial score (nSPS) is 13.8. The molecular weight excluding hydrogens is 318 g/mol. The monoisotopic (exact) mass is 343 g/mol. The number of ether oxygens (including phenoxy) is 1. The minimum absolute atomic E-state index is 0.0703. The molecule has 25 heavy (non-hydrogen) atoms. The summed E-state index contributed by atoms with van der Waals surface area (Å²) < 4.78 is 5.20. The molecule has 0 aliphatic carbocycles. The Kier molecular flexibility index (Phi) is 6.12. The second-order valence-corrected chi connectivity index (χ2v) is 6.78. The second-order valence-electron chi connectivity index (χ2n) is 6.78. The van der Waals surface area contributed by atoms with Crippen molar-refractivity contribution < 1.29 is 14.6 Å². The molecule has 0 spiro atoms. The highest BCUT2D eigenvalue weighted by atomic mass is 16.6. The van der Waals surface area contributed by atoms with Crippen molar-refractivity contribution in [2.75, 3.05) is 6.54 Å². The molecule has 0 radical (unpaired) electrons. The maximum atomic E-state index is 11.9. The van der Waals surface area contributed by atoms with Gasteiger partial charge in [-0.3, -0.25) is 4.98 Å². The maximum absolute atomic E-state index is 11.9. The van der Waals surface area contributed by atoms with Gasteiger partial charge in [-0.2, -0.15) is 0 Å². The number of aliphatic hydroxyl groups is 1. The molecule has 0 bridgehead atoms. The van der Waals surface area contributed by atoms with Gasteiger partial charge in [0.15, 0.2) is 0 Å². The van der Waals surface area contributed by atoms with E-state index in [0.29, 0.717) is 5.56 Å². The first kappa shape index (κ1) is 18.9. The van der Waals surface area contributed by atoms with E-state index in [0.717, 1.165) is 11.3 Å². The molecule has 1 aromatic carbocycles. The summed E-state index contributed by atoms with van der Waals surface area (Å²) >= 11 is 0. The Balaban J connectivity index is 2.07. The Bertz CT molecular complexity index is 681. The Labute approximate surface area is 148 Å². The number of aliphatic hydroxyl groups excluding tert-OH is 1. The van der Waals surface area contributed by atoms with Crippen molar-refractivity contribution in [3.63, 3.8) is 0 Å². The molecule has 0 saturated heterocycles. The SMILES string of the molecule is CC(C)(C)OC(=O)NC(CN)C(O)c1ccc(-c2ccccc2)nc1. The number of nitrogens with zero attached hydrogens (tertiary/aromatic N) is 1. The second kappa shape index (κ2) is 8.09. The summed E-state index contributed by atoms with van der Waals surface area (Å²) in [4.78, 5) is 16.3. The predicted molar refractivity (Wildman–Crippen MR) is 96.8 cm³/mol. The van der Waals surface area contributed by atoms with E-state index in [1.807, 2.05) is 36.4 Å². The number of carbonyl (C=O) groups excluding carboxylic acids is 1. The lowest BCUT2D eigenvalue weighted by Gasteiger charge is -2.26. The van der Waals surface area contributed by atoms with Gasteiger partial charge in [0, 0.05) is 23.9 Å². The third-order valence-corrected chi connectivity index (χ3v) is 3.53. The fourth-order valence-electron chi connectivity index (χ4n) is 2.32. The van der Waals surface area contributed by atoms with Gasteiger partial charge in [-0.05, 0) is 26.8 Å². The average Bonchev–Trinajstić information content (AvgIpc) is 2.58. The molecule has 2 rings (SSSR count). The minimum atomic E-state index is -0.977. The minimum Gasteiger partial charge on any atom is -0.444 e. The molecule has 2 aromatic rings. The highest BCUT2D eigenvalue weighted by Crippen LogP contribution is 2.21. The largest absolute Gasteiger partial charge is 0.444 e. The highest BCUT2D eigenvalue weighted by molar-refractivity contribution is 5.68. The Hall–Kier alpha value is -2.44. The quantitative estimate of drug-likeness (QED) is 0.775. The van der Waals surface area contributed by atoms with Gasteiger partial charge in [-0.1, -0.05) is 36.4 Å².